The molecular weight excluding hydrogens is 167 g/mol. The normalized spacial score (nSPS) is 10.2. The minimum absolute atomic E-state index is 0.0639. The first-order valence-corrected chi connectivity index (χ1v) is 3.58. The second kappa shape index (κ2) is 3.20. The predicted molar refractivity (Wildman–Crippen MR) is 42.1 cm³/mol. The largest absolute Gasteiger partial charge is 0.392 e. The maximum Gasteiger partial charge on any atom is 0.147 e. The number of benzene rings is 1. The average Bonchev–Trinajstić information content (AvgIpc) is 1.96. The third-order valence-corrected chi connectivity index (χ3v) is 1.69. The topological polar surface area (TPSA) is 20.2 Å². The molecule has 0 spiro atoms. The Labute approximate surface area is 69.4 Å². The number of hydrogen-bond acceptors (Lipinski definition) is 1. The van der Waals surface area contributed by atoms with Gasteiger partial charge in [-0.2, -0.15) is 0 Å². The summed E-state index contributed by atoms with van der Waals surface area (Å²) < 4.78 is 12.9. The van der Waals surface area contributed by atoms with Crippen LogP contribution < -0.4 is 0 Å². The van der Waals surface area contributed by atoms with Gasteiger partial charge in [0, 0.05) is 5.56 Å². The van der Waals surface area contributed by atoms with Crippen molar-refractivity contribution in [3.8, 4) is 0 Å². The molecule has 0 bridgehead atoms. The van der Waals surface area contributed by atoms with Gasteiger partial charge in [-0.3, -0.25) is 0 Å². The van der Waals surface area contributed by atoms with E-state index in [0.29, 0.717) is 0 Å². The Hall–Kier alpha value is -0.600. The fourth-order valence-electron chi connectivity index (χ4n) is 0.912. The fourth-order valence-corrected chi connectivity index (χ4v) is 1.21. The van der Waals surface area contributed by atoms with Crippen LogP contribution in [0, 0.1) is 12.7 Å². The van der Waals surface area contributed by atoms with Gasteiger partial charge in [-0.1, -0.05) is 17.7 Å². The van der Waals surface area contributed by atoms with Crippen LogP contribution in [0.3, 0.4) is 0 Å². The number of aliphatic hydroxyl groups is 1. The van der Waals surface area contributed by atoms with E-state index in [2.05, 4.69) is 0 Å². The SMILES string of the molecule is Cc1cc(Cl)c(F)c(CO)c1. The summed E-state index contributed by atoms with van der Waals surface area (Å²) in [5.41, 5.74) is 1.09. The van der Waals surface area contributed by atoms with Crippen molar-refractivity contribution in [2.75, 3.05) is 0 Å². The van der Waals surface area contributed by atoms with E-state index in [1.54, 1.807) is 13.0 Å². The highest BCUT2D eigenvalue weighted by molar-refractivity contribution is 6.30. The molecule has 0 unspecified atom stereocenters. The minimum atomic E-state index is -0.528. The first-order chi connectivity index (χ1) is 5.15. The lowest BCUT2D eigenvalue weighted by atomic mass is 10.1. The Morgan fingerprint density at radius 3 is 2.73 bits per heavy atom. The standard InChI is InChI=1S/C8H8ClFO/c1-5-2-6(4-11)8(10)7(9)3-5/h2-3,11H,4H2,1H3. The van der Waals surface area contributed by atoms with E-state index in [1.807, 2.05) is 0 Å². The Morgan fingerprint density at radius 2 is 2.18 bits per heavy atom. The third kappa shape index (κ3) is 1.70. The summed E-state index contributed by atoms with van der Waals surface area (Å²) in [6, 6.07) is 3.09. The van der Waals surface area contributed by atoms with Gasteiger partial charge in [-0.05, 0) is 18.6 Å². The van der Waals surface area contributed by atoms with Crippen LogP contribution in [0.2, 0.25) is 5.02 Å². The van der Waals surface area contributed by atoms with Crippen molar-refractivity contribution in [2.24, 2.45) is 0 Å². The first-order valence-electron chi connectivity index (χ1n) is 3.20. The summed E-state index contributed by atoms with van der Waals surface area (Å²) in [5, 5.41) is 8.73. The lowest BCUT2D eigenvalue weighted by Gasteiger charge is -2.02. The van der Waals surface area contributed by atoms with Crippen molar-refractivity contribution in [2.45, 2.75) is 13.5 Å². The molecule has 1 aromatic carbocycles. The molecule has 60 valence electrons. The zero-order chi connectivity index (χ0) is 8.43. The van der Waals surface area contributed by atoms with E-state index in [9.17, 15) is 4.39 Å². The molecule has 0 fully saturated rings. The number of aliphatic hydroxyl groups excluding tert-OH is 1. The lowest BCUT2D eigenvalue weighted by molar-refractivity contribution is 0.275. The third-order valence-electron chi connectivity index (χ3n) is 1.42. The van der Waals surface area contributed by atoms with E-state index in [1.165, 1.54) is 6.07 Å². The van der Waals surface area contributed by atoms with Crippen molar-refractivity contribution >= 4 is 11.6 Å². The van der Waals surface area contributed by atoms with Crippen molar-refractivity contribution in [1.82, 2.24) is 0 Å². The highest BCUT2D eigenvalue weighted by Gasteiger charge is 2.05. The number of rotatable bonds is 1. The number of halogens is 2. The van der Waals surface area contributed by atoms with E-state index >= 15 is 0 Å². The fraction of sp³-hybridized carbons (Fsp3) is 0.250. The molecule has 0 heterocycles. The Morgan fingerprint density at radius 1 is 1.55 bits per heavy atom. The van der Waals surface area contributed by atoms with Gasteiger partial charge in [-0.25, -0.2) is 4.39 Å². The molecule has 1 nitrogen and oxygen atoms in total. The van der Waals surface area contributed by atoms with Gasteiger partial charge in [0.1, 0.15) is 5.82 Å². The molecule has 0 atom stereocenters. The summed E-state index contributed by atoms with van der Waals surface area (Å²) in [4.78, 5) is 0. The maximum absolute atomic E-state index is 12.9. The predicted octanol–water partition coefficient (Wildman–Crippen LogP) is 2.28. The van der Waals surface area contributed by atoms with Crippen molar-refractivity contribution < 1.29 is 9.50 Å². The molecule has 0 amide bonds. The smallest absolute Gasteiger partial charge is 0.147 e. The van der Waals surface area contributed by atoms with Gasteiger partial charge in [0.2, 0.25) is 0 Å². The van der Waals surface area contributed by atoms with Gasteiger partial charge in [0.15, 0.2) is 0 Å². The van der Waals surface area contributed by atoms with E-state index in [0.717, 1.165) is 5.56 Å². The summed E-state index contributed by atoms with van der Waals surface area (Å²) >= 11 is 5.51. The van der Waals surface area contributed by atoms with Crippen LogP contribution in [-0.4, -0.2) is 5.11 Å². The molecule has 0 aliphatic heterocycles. The van der Waals surface area contributed by atoms with Crippen LogP contribution in [0.5, 0.6) is 0 Å². The molecule has 3 heteroatoms. The van der Waals surface area contributed by atoms with Crippen LogP contribution in [-0.2, 0) is 6.61 Å². The molecular formula is C8H8ClFO. The highest BCUT2D eigenvalue weighted by Crippen LogP contribution is 2.20. The Balaban J connectivity index is 3.24. The van der Waals surface area contributed by atoms with E-state index in [-0.39, 0.29) is 17.2 Å². The number of aryl methyl sites for hydroxylation is 1. The van der Waals surface area contributed by atoms with E-state index in [4.69, 9.17) is 16.7 Å². The molecule has 0 aliphatic carbocycles. The summed E-state index contributed by atoms with van der Waals surface area (Å²) in [7, 11) is 0. The Bertz CT molecular complexity index is 273. The van der Waals surface area contributed by atoms with Crippen LogP contribution in [0.25, 0.3) is 0 Å². The Kier molecular flexibility index (Phi) is 2.47. The van der Waals surface area contributed by atoms with Crippen LogP contribution in [0.15, 0.2) is 12.1 Å². The van der Waals surface area contributed by atoms with E-state index < -0.39 is 5.82 Å². The summed E-state index contributed by atoms with van der Waals surface area (Å²) in [5.74, 6) is -0.528. The average molecular weight is 175 g/mol. The van der Waals surface area contributed by atoms with Gasteiger partial charge < -0.3 is 5.11 Å². The van der Waals surface area contributed by atoms with Crippen LogP contribution in [0.1, 0.15) is 11.1 Å². The molecule has 0 saturated heterocycles. The molecule has 1 N–H and O–H groups in total. The minimum Gasteiger partial charge on any atom is -0.392 e. The zero-order valence-corrected chi connectivity index (χ0v) is 6.82. The first kappa shape index (κ1) is 8.50. The van der Waals surface area contributed by atoms with Crippen molar-refractivity contribution in [1.29, 1.82) is 0 Å². The van der Waals surface area contributed by atoms with Crippen molar-refractivity contribution in [3.63, 3.8) is 0 Å². The van der Waals surface area contributed by atoms with Gasteiger partial charge >= 0.3 is 0 Å². The van der Waals surface area contributed by atoms with Gasteiger partial charge in [0.05, 0.1) is 11.6 Å². The van der Waals surface area contributed by atoms with Gasteiger partial charge in [0.25, 0.3) is 0 Å². The lowest BCUT2D eigenvalue weighted by Crippen LogP contribution is -1.91. The number of hydrogen-bond donors (Lipinski definition) is 1. The second-order valence-corrected chi connectivity index (χ2v) is 2.79. The molecule has 0 radical (unpaired) electrons. The molecule has 11 heavy (non-hydrogen) atoms. The highest BCUT2D eigenvalue weighted by atomic mass is 35.5. The molecule has 1 rings (SSSR count). The molecule has 0 aromatic heterocycles. The maximum atomic E-state index is 12.9. The zero-order valence-electron chi connectivity index (χ0n) is 6.06. The van der Waals surface area contributed by atoms with Crippen molar-refractivity contribution in [3.05, 3.63) is 34.1 Å². The quantitative estimate of drug-likeness (QED) is 0.693. The molecule has 0 saturated carbocycles. The summed E-state index contributed by atoms with van der Waals surface area (Å²) in [6.45, 7) is 1.48. The van der Waals surface area contributed by atoms with Crippen LogP contribution >= 0.6 is 11.6 Å². The van der Waals surface area contributed by atoms with Crippen LogP contribution in [0.4, 0.5) is 4.39 Å². The second-order valence-electron chi connectivity index (χ2n) is 2.38. The molecule has 0 aliphatic rings. The summed E-state index contributed by atoms with van der Waals surface area (Å²) in [6.07, 6.45) is 0. The van der Waals surface area contributed by atoms with Gasteiger partial charge in [-0.15, -0.1) is 0 Å². The monoisotopic (exact) mass is 174 g/mol. The molecule has 1 aromatic rings.